The van der Waals surface area contributed by atoms with E-state index < -0.39 is 12.0 Å². The molecule has 5 rings (SSSR count). The van der Waals surface area contributed by atoms with Crippen molar-refractivity contribution in [3.8, 4) is 0 Å². The number of aryl methyl sites for hydroxylation is 1. The van der Waals surface area contributed by atoms with Crippen molar-refractivity contribution >= 4 is 23.5 Å². The average Bonchev–Trinajstić information content (AvgIpc) is 2.71. The molecule has 4 fully saturated rings. The van der Waals surface area contributed by atoms with E-state index in [-0.39, 0.29) is 23.1 Å². The molecule has 2 amide bonds. The number of rotatable bonds is 6. The fraction of sp³-hybridized carbons (Fsp3) is 0.640. The second-order valence-corrected chi connectivity index (χ2v) is 10.4. The zero-order chi connectivity index (χ0) is 22.3. The molecule has 4 aliphatic carbocycles. The summed E-state index contributed by atoms with van der Waals surface area (Å²) >= 11 is 0. The molecule has 0 aliphatic heterocycles. The minimum absolute atomic E-state index is 0.0537. The maximum absolute atomic E-state index is 13.5. The second-order valence-electron chi connectivity index (χ2n) is 10.4. The lowest BCUT2D eigenvalue weighted by Crippen LogP contribution is -2.57. The van der Waals surface area contributed by atoms with Crippen LogP contribution in [0.3, 0.4) is 0 Å². The Labute approximate surface area is 184 Å². The molecule has 168 valence electrons. The Balaban J connectivity index is 1.49. The number of benzene rings is 1. The van der Waals surface area contributed by atoms with Crippen molar-refractivity contribution in [2.45, 2.75) is 65.3 Å². The molecule has 0 saturated heterocycles. The van der Waals surface area contributed by atoms with Crippen molar-refractivity contribution < 1.29 is 19.1 Å². The van der Waals surface area contributed by atoms with E-state index in [9.17, 15) is 14.4 Å². The molecule has 0 aromatic heterocycles. The number of carbonyl (C=O) groups is 3. The van der Waals surface area contributed by atoms with Gasteiger partial charge in [-0.25, -0.2) is 4.79 Å². The summed E-state index contributed by atoms with van der Waals surface area (Å²) in [6.45, 7) is 5.76. The van der Waals surface area contributed by atoms with Crippen molar-refractivity contribution in [3.05, 3.63) is 29.3 Å². The number of nitrogens with one attached hydrogen (secondary N) is 2. The van der Waals surface area contributed by atoms with Crippen LogP contribution in [0.15, 0.2) is 18.2 Å². The van der Waals surface area contributed by atoms with E-state index in [4.69, 9.17) is 4.74 Å². The molecule has 0 unspecified atom stereocenters. The van der Waals surface area contributed by atoms with Gasteiger partial charge in [-0.2, -0.15) is 0 Å². The summed E-state index contributed by atoms with van der Waals surface area (Å²) in [7, 11) is 1.33. The van der Waals surface area contributed by atoms with E-state index in [1.807, 2.05) is 20.8 Å². The Hall–Kier alpha value is -2.37. The predicted molar refractivity (Wildman–Crippen MR) is 119 cm³/mol. The molecule has 4 bridgehead atoms. The number of carbonyl (C=O) groups excluding carboxylic acids is 3. The summed E-state index contributed by atoms with van der Waals surface area (Å²) in [4.78, 5) is 38.5. The van der Waals surface area contributed by atoms with Gasteiger partial charge in [-0.3, -0.25) is 9.59 Å². The van der Waals surface area contributed by atoms with Gasteiger partial charge in [0.1, 0.15) is 6.04 Å². The molecule has 1 aromatic carbocycles. The average molecular weight is 427 g/mol. The van der Waals surface area contributed by atoms with Gasteiger partial charge in [0.2, 0.25) is 11.8 Å². The maximum atomic E-state index is 13.5. The van der Waals surface area contributed by atoms with Crippen molar-refractivity contribution in [2.75, 3.05) is 12.4 Å². The van der Waals surface area contributed by atoms with Crippen LogP contribution in [0.4, 0.5) is 5.69 Å². The minimum Gasteiger partial charge on any atom is -0.465 e. The first-order valence-corrected chi connectivity index (χ1v) is 11.5. The third kappa shape index (κ3) is 4.21. The molecule has 1 aromatic rings. The highest BCUT2D eigenvalue weighted by Gasteiger charge is 2.55. The van der Waals surface area contributed by atoms with E-state index in [0.29, 0.717) is 29.0 Å². The first-order chi connectivity index (χ1) is 14.7. The third-order valence-corrected chi connectivity index (χ3v) is 7.67. The molecule has 0 spiro atoms. The molecule has 6 nitrogen and oxygen atoms in total. The molecule has 4 saturated carbocycles. The molecule has 2 N–H and O–H groups in total. The molecule has 0 radical (unpaired) electrons. The Bertz CT molecular complexity index is 856. The van der Waals surface area contributed by atoms with E-state index >= 15 is 0 Å². The first kappa shape index (κ1) is 21.8. The van der Waals surface area contributed by atoms with Crippen LogP contribution in [-0.4, -0.2) is 30.9 Å². The van der Waals surface area contributed by atoms with Crippen LogP contribution in [0, 0.1) is 36.0 Å². The van der Waals surface area contributed by atoms with Gasteiger partial charge in [-0.15, -0.1) is 0 Å². The summed E-state index contributed by atoms with van der Waals surface area (Å²) < 4.78 is 4.78. The number of hydrogen-bond donors (Lipinski definition) is 2. The lowest BCUT2D eigenvalue weighted by molar-refractivity contribution is -0.148. The Morgan fingerprint density at radius 2 is 1.61 bits per heavy atom. The zero-order valence-electron chi connectivity index (χ0n) is 19.0. The summed E-state index contributed by atoms with van der Waals surface area (Å²) in [5, 5.41) is 6.05. The zero-order valence-corrected chi connectivity index (χ0v) is 19.0. The molecular formula is C25H34N2O4. The molecule has 6 heteroatoms. The summed E-state index contributed by atoms with van der Waals surface area (Å²) in [6, 6.07) is 4.45. The van der Waals surface area contributed by atoms with Crippen molar-refractivity contribution in [1.82, 2.24) is 5.32 Å². The Morgan fingerprint density at radius 1 is 1.03 bits per heavy atom. The largest absolute Gasteiger partial charge is 0.465 e. The Kier molecular flexibility index (Phi) is 5.84. The van der Waals surface area contributed by atoms with Gasteiger partial charge >= 0.3 is 5.97 Å². The van der Waals surface area contributed by atoms with Crippen LogP contribution in [0.2, 0.25) is 0 Å². The number of esters is 1. The van der Waals surface area contributed by atoms with Crippen molar-refractivity contribution in [2.24, 2.45) is 29.1 Å². The minimum atomic E-state index is -0.623. The molecule has 1 atom stereocenters. The van der Waals surface area contributed by atoms with E-state index in [1.165, 1.54) is 26.4 Å². The van der Waals surface area contributed by atoms with E-state index in [2.05, 4.69) is 10.6 Å². The van der Waals surface area contributed by atoms with Crippen molar-refractivity contribution in [3.63, 3.8) is 0 Å². The monoisotopic (exact) mass is 426 g/mol. The van der Waals surface area contributed by atoms with Crippen LogP contribution < -0.4 is 10.6 Å². The molecule has 0 heterocycles. The van der Waals surface area contributed by atoms with Crippen LogP contribution in [0.1, 0.15) is 68.3 Å². The van der Waals surface area contributed by atoms with Gasteiger partial charge in [0.25, 0.3) is 0 Å². The van der Waals surface area contributed by atoms with Gasteiger partial charge in [-0.1, -0.05) is 19.9 Å². The fourth-order valence-corrected chi connectivity index (χ4v) is 6.43. The lowest BCUT2D eigenvalue weighted by atomic mass is 9.49. The lowest BCUT2D eigenvalue weighted by Gasteiger charge is -2.55. The molecular weight excluding hydrogens is 392 g/mol. The first-order valence-electron chi connectivity index (χ1n) is 11.5. The summed E-state index contributed by atoms with van der Waals surface area (Å²) in [5.74, 6) is 1.32. The smallest absolute Gasteiger partial charge is 0.337 e. The maximum Gasteiger partial charge on any atom is 0.337 e. The van der Waals surface area contributed by atoms with Crippen LogP contribution in [-0.2, 0) is 14.3 Å². The highest BCUT2D eigenvalue weighted by atomic mass is 16.5. The van der Waals surface area contributed by atoms with Gasteiger partial charge < -0.3 is 15.4 Å². The number of anilines is 1. The Morgan fingerprint density at radius 3 is 2.13 bits per heavy atom. The van der Waals surface area contributed by atoms with Crippen LogP contribution in [0.5, 0.6) is 0 Å². The number of methoxy groups -OCH3 is 1. The molecule has 4 aliphatic rings. The molecule has 31 heavy (non-hydrogen) atoms. The number of hydrogen-bond acceptors (Lipinski definition) is 4. The highest BCUT2D eigenvalue weighted by molar-refractivity contribution is 6.00. The second kappa shape index (κ2) is 8.29. The highest BCUT2D eigenvalue weighted by Crippen LogP contribution is 2.60. The summed E-state index contributed by atoms with van der Waals surface area (Å²) in [6.07, 6.45) is 6.73. The predicted octanol–water partition coefficient (Wildman–Crippen LogP) is 4.08. The third-order valence-electron chi connectivity index (χ3n) is 7.67. The standard InChI is InChI=1S/C25H34N2O4/c1-14(2)21(22(28)26-20-10-19(23(29)31-4)6-5-15(20)3)27-24(30)25-11-16-7-17(12-25)9-18(8-16)13-25/h5-6,10,14,16-18,21H,7-9,11-13H2,1-4H3,(H,26,28)(H,27,30)/t16?,17?,18?,21-,25?/m1/s1. The van der Waals surface area contributed by atoms with Gasteiger partial charge in [0.05, 0.1) is 12.7 Å². The van der Waals surface area contributed by atoms with E-state index in [0.717, 1.165) is 24.8 Å². The normalized spacial score (nSPS) is 29.5. The summed E-state index contributed by atoms with van der Waals surface area (Å²) in [5.41, 5.74) is 1.49. The van der Waals surface area contributed by atoms with Crippen LogP contribution in [0.25, 0.3) is 0 Å². The quantitative estimate of drug-likeness (QED) is 0.672. The van der Waals surface area contributed by atoms with E-state index in [1.54, 1.807) is 18.2 Å². The van der Waals surface area contributed by atoms with Gasteiger partial charge in [0, 0.05) is 11.1 Å². The van der Waals surface area contributed by atoms with Gasteiger partial charge in [0.15, 0.2) is 0 Å². The fourth-order valence-electron chi connectivity index (χ4n) is 6.43. The topological polar surface area (TPSA) is 84.5 Å². The van der Waals surface area contributed by atoms with Gasteiger partial charge in [-0.05, 0) is 86.8 Å². The number of ether oxygens (including phenoxy) is 1. The number of amides is 2. The SMILES string of the molecule is COC(=O)c1ccc(C)c(NC(=O)[C@H](NC(=O)C23CC4CC(CC(C4)C2)C3)C(C)C)c1. The van der Waals surface area contributed by atoms with Crippen molar-refractivity contribution in [1.29, 1.82) is 0 Å². The van der Waals surface area contributed by atoms with Crippen LogP contribution >= 0.6 is 0 Å².